The number of amides is 2. The molecule has 0 atom stereocenters. The minimum absolute atomic E-state index is 0.0804. The number of carbonyl (C=O) groups is 2. The van der Waals surface area contributed by atoms with Gasteiger partial charge in [-0.05, 0) is 52.6 Å². The van der Waals surface area contributed by atoms with Gasteiger partial charge in [0.1, 0.15) is 10.6 Å². The van der Waals surface area contributed by atoms with E-state index in [1.54, 1.807) is 11.3 Å². The van der Waals surface area contributed by atoms with Crippen LogP contribution in [0.1, 0.15) is 73.9 Å². The number of carbonyl (C=O) groups excluding carboxylic acids is 2. The third-order valence-electron chi connectivity index (χ3n) is 6.15. The van der Waals surface area contributed by atoms with E-state index in [4.69, 9.17) is 0 Å². The van der Waals surface area contributed by atoms with Gasteiger partial charge in [0, 0.05) is 37.5 Å². The van der Waals surface area contributed by atoms with Crippen molar-refractivity contribution >= 4 is 34.5 Å². The van der Waals surface area contributed by atoms with Crippen LogP contribution in [0.2, 0.25) is 0 Å². The highest BCUT2D eigenvalue weighted by Gasteiger charge is 2.28. The lowest BCUT2D eigenvalue weighted by molar-refractivity contribution is 0.0717. The summed E-state index contributed by atoms with van der Waals surface area (Å²) in [5.41, 5.74) is 1.35. The molecule has 0 saturated carbocycles. The lowest BCUT2D eigenvalue weighted by Gasteiger charge is -2.30. The molecule has 2 fully saturated rings. The summed E-state index contributed by atoms with van der Waals surface area (Å²) in [5, 5.41) is 6.83. The molecule has 168 valence electrons. The van der Waals surface area contributed by atoms with E-state index in [-0.39, 0.29) is 11.8 Å². The zero-order valence-electron chi connectivity index (χ0n) is 18.4. The van der Waals surface area contributed by atoms with Gasteiger partial charge in [-0.3, -0.25) is 9.59 Å². The predicted octanol–water partition coefficient (Wildman–Crippen LogP) is 3.45. The Balaban J connectivity index is 1.25. The highest BCUT2D eigenvalue weighted by atomic mass is 32.1. The molecule has 0 unspecified atom stereocenters. The largest absolute Gasteiger partial charge is 0.349 e. The van der Waals surface area contributed by atoms with Crippen LogP contribution in [0.3, 0.4) is 0 Å². The molecule has 4 rings (SSSR count). The zero-order chi connectivity index (χ0) is 21.8. The summed E-state index contributed by atoms with van der Waals surface area (Å²) >= 11 is 3.04. The van der Waals surface area contributed by atoms with Crippen molar-refractivity contribution in [2.24, 2.45) is 0 Å². The molecule has 2 aromatic heterocycles. The van der Waals surface area contributed by atoms with Crippen LogP contribution in [0.15, 0.2) is 5.38 Å². The maximum atomic E-state index is 12.8. The molecule has 0 radical (unpaired) electrons. The fourth-order valence-corrected chi connectivity index (χ4v) is 6.24. The minimum Gasteiger partial charge on any atom is -0.349 e. The molecule has 2 aliphatic rings. The van der Waals surface area contributed by atoms with Crippen molar-refractivity contribution in [3.05, 3.63) is 31.7 Å². The predicted molar refractivity (Wildman–Crippen MR) is 124 cm³/mol. The molecule has 2 aromatic rings. The van der Waals surface area contributed by atoms with Crippen LogP contribution in [-0.4, -0.2) is 70.9 Å². The molecule has 31 heavy (non-hydrogen) atoms. The van der Waals surface area contributed by atoms with Gasteiger partial charge in [-0.15, -0.1) is 22.7 Å². The molecule has 0 aliphatic carbocycles. The first kappa shape index (κ1) is 22.4. The quantitative estimate of drug-likeness (QED) is 0.713. The van der Waals surface area contributed by atoms with Crippen molar-refractivity contribution < 1.29 is 9.59 Å². The van der Waals surface area contributed by atoms with Crippen LogP contribution in [0, 0.1) is 13.8 Å². The van der Waals surface area contributed by atoms with Gasteiger partial charge in [0.05, 0.1) is 15.7 Å². The van der Waals surface area contributed by atoms with Crippen LogP contribution < -0.4 is 5.32 Å². The van der Waals surface area contributed by atoms with E-state index in [2.05, 4.69) is 20.2 Å². The van der Waals surface area contributed by atoms with Gasteiger partial charge < -0.3 is 15.1 Å². The number of hydrogen-bond donors (Lipinski definition) is 1. The summed E-state index contributed by atoms with van der Waals surface area (Å²) < 4.78 is 0. The number of nitrogens with zero attached hydrogens (tertiary/aromatic N) is 4. The first-order valence-corrected chi connectivity index (χ1v) is 12.9. The summed E-state index contributed by atoms with van der Waals surface area (Å²) in [7, 11) is 0. The van der Waals surface area contributed by atoms with E-state index in [0.29, 0.717) is 18.2 Å². The third kappa shape index (κ3) is 5.51. The van der Waals surface area contributed by atoms with E-state index in [1.165, 1.54) is 30.6 Å². The number of aromatic nitrogens is 2. The average molecular weight is 462 g/mol. The summed E-state index contributed by atoms with van der Waals surface area (Å²) in [4.78, 5) is 39.4. The van der Waals surface area contributed by atoms with Crippen molar-refractivity contribution in [1.29, 1.82) is 0 Å². The standard InChI is InChI=1S/C22H31N5O2S2/c1-15-19(31-16(2)24-15)22(29)27-11-6-17(7-12-27)21-25-18(14-30-21)20(28)23-8-13-26-9-4-3-5-10-26/h14,17H,3-13H2,1-2H3,(H,23,28). The molecular weight excluding hydrogens is 430 g/mol. The molecule has 9 heteroatoms. The highest BCUT2D eigenvalue weighted by Crippen LogP contribution is 2.31. The van der Waals surface area contributed by atoms with Crippen molar-refractivity contribution in [3.63, 3.8) is 0 Å². The summed E-state index contributed by atoms with van der Waals surface area (Å²) in [6, 6.07) is 0. The molecule has 2 amide bonds. The molecular formula is C22H31N5O2S2. The van der Waals surface area contributed by atoms with Crippen molar-refractivity contribution in [3.8, 4) is 0 Å². The van der Waals surface area contributed by atoms with E-state index in [9.17, 15) is 9.59 Å². The number of piperidine rings is 2. The fourth-order valence-electron chi connectivity index (χ4n) is 4.38. The lowest BCUT2D eigenvalue weighted by atomic mass is 9.97. The van der Waals surface area contributed by atoms with Crippen LogP contribution in [-0.2, 0) is 0 Å². The third-order valence-corrected chi connectivity index (χ3v) is 8.21. The van der Waals surface area contributed by atoms with Crippen molar-refractivity contribution in [2.75, 3.05) is 39.3 Å². The van der Waals surface area contributed by atoms with E-state index in [1.807, 2.05) is 24.1 Å². The number of nitrogens with one attached hydrogen (secondary N) is 1. The second-order valence-corrected chi connectivity index (χ2v) is 10.5. The number of rotatable bonds is 6. The second-order valence-electron chi connectivity index (χ2n) is 8.44. The average Bonchev–Trinajstić information content (AvgIpc) is 3.40. The van der Waals surface area contributed by atoms with Gasteiger partial charge in [-0.25, -0.2) is 9.97 Å². The van der Waals surface area contributed by atoms with Crippen molar-refractivity contribution in [2.45, 2.75) is 51.9 Å². The Bertz CT molecular complexity index is 911. The molecule has 0 bridgehead atoms. The maximum absolute atomic E-state index is 12.8. The van der Waals surface area contributed by atoms with Gasteiger partial charge in [0.2, 0.25) is 0 Å². The van der Waals surface area contributed by atoms with Crippen molar-refractivity contribution in [1.82, 2.24) is 25.1 Å². The van der Waals surface area contributed by atoms with Crippen LogP contribution in [0.5, 0.6) is 0 Å². The van der Waals surface area contributed by atoms with E-state index >= 15 is 0 Å². The highest BCUT2D eigenvalue weighted by molar-refractivity contribution is 7.13. The summed E-state index contributed by atoms with van der Waals surface area (Å²) in [6.45, 7) is 9.13. The fraction of sp³-hybridized carbons (Fsp3) is 0.636. The van der Waals surface area contributed by atoms with Crippen LogP contribution in [0.25, 0.3) is 0 Å². The Morgan fingerprint density at radius 2 is 1.84 bits per heavy atom. The smallest absolute Gasteiger partial charge is 0.270 e. The number of aryl methyl sites for hydroxylation is 2. The normalized spacial score (nSPS) is 18.3. The first-order chi connectivity index (χ1) is 15.0. The van der Waals surface area contributed by atoms with Gasteiger partial charge in [-0.2, -0.15) is 0 Å². The van der Waals surface area contributed by atoms with E-state index in [0.717, 1.165) is 66.2 Å². The molecule has 7 nitrogen and oxygen atoms in total. The SMILES string of the molecule is Cc1nc(C)c(C(=O)N2CCC(c3nc(C(=O)NCCN4CCCCC4)cs3)CC2)s1. The summed E-state index contributed by atoms with van der Waals surface area (Å²) in [5.74, 6) is 0.325. The van der Waals surface area contributed by atoms with Gasteiger partial charge >= 0.3 is 0 Å². The second kappa shape index (κ2) is 10.2. The molecule has 2 saturated heterocycles. The topological polar surface area (TPSA) is 78.4 Å². The zero-order valence-corrected chi connectivity index (χ0v) is 20.0. The molecule has 0 spiro atoms. The Morgan fingerprint density at radius 3 is 2.52 bits per heavy atom. The van der Waals surface area contributed by atoms with Gasteiger partial charge in [0.25, 0.3) is 11.8 Å². The lowest BCUT2D eigenvalue weighted by Crippen LogP contribution is -2.38. The van der Waals surface area contributed by atoms with Gasteiger partial charge in [0.15, 0.2) is 0 Å². The van der Waals surface area contributed by atoms with E-state index < -0.39 is 0 Å². The molecule has 4 heterocycles. The summed E-state index contributed by atoms with van der Waals surface area (Å²) in [6.07, 6.45) is 5.61. The minimum atomic E-state index is -0.0804. The monoisotopic (exact) mass is 461 g/mol. The molecule has 0 aromatic carbocycles. The molecule has 2 aliphatic heterocycles. The number of thiazole rings is 2. The first-order valence-electron chi connectivity index (χ1n) is 11.2. The number of likely N-dealkylation sites (tertiary alicyclic amines) is 2. The van der Waals surface area contributed by atoms with Crippen LogP contribution in [0.4, 0.5) is 0 Å². The Kier molecular flexibility index (Phi) is 7.35. The van der Waals surface area contributed by atoms with Crippen LogP contribution >= 0.6 is 22.7 Å². The Labute approximate surface area is 191 Å². The number of hydrogen-bond acceptors (Lipinski definition) is 7. The Hall–Kier alpha value is -1.84. The molecule has 1 N–H and O–H groups in total. The van der Waals surface area contributed by atoms with Gasteiger partial charge in [-0.1, -0.05) is 6.42 Å². The maximum Gasteiger partial charge on any atom is 0.270 e. The Morgan fingerprint density at radius 1 is 1.10 bits per heavy atom.